The zero-order valence-electron chi connectivity index (χ0n) is 8.29. The molecule has 1 fully saturated rings. The Morgan fingerprint density at radius 3 is 2.46 bits per heavy atom. The van der Waals surface area contributed by atoms with E-state index in [9.17, 15) is 0 Å². The molecule has 1 aliphatic heterocycles. The Balaban J connectivity index is 2.13. The Labute approximate surface area is 79.7 Å². The molecule has 0 amide bonds. The second-order valence-electron chi connectivity index (χ2n) is 4.58. The normalized spacial score (nSPS) is 26.2. The van der Waals surface area contributed by atoms with Crippen molar-refractivity contribution in [1.82, 2.24) is 0 Å². The number of benzene rings is 1. The lowest BCUT2D eigenvalue weighted by molar-refractivity contribution is 0.100. The van der Waals surface area contributed by atoms with Crippen molar-refractivity contribution in [2.24, 2.45) is 5.41 Å². The van der Waals surface area contributed by atoms with Gasteiger partial charge in [-0.3, -0.25) is 0 Å². The lowest BCUT2D eigenvalue weighted by Crippen LogP contribution is -2.08. The molecular weight excluding hydrogens is 160 g/mol. The van der Waals surface area contributed by atoms with Gasteiger partial charge in [0.15, 0.2) is 0 Å². The Hall–Kier alpha value is -0.820. The highest BCUT2D eigenvalue weighted by Crippen LogP contribution is 2.39. The summed E-state index contributed by atoms with van der Waals surface area (Å²) in [5, 5.41) is 0. The summed E-state index contributed by atoms with van der Waals surface area (Å²) in [6, 6.07) is 10.5. The molecule has 0 spiro atoms. The summed E-state index contributed by atoms with van der Waals surface area (Å²) in [7, 11) is 0. The smallest absolute Gasteiger partial charge is 0.0831 e. The van der Waals surface area contributed by atoms with Gasteiger partial charge in [0.25, 0.3) is 0 Å². The maximum absolute atomic E-state index is 5.75. The predicted molar refractivity (Wildman–Crippen MR) is 53.5 cm³/mol. The van der Waals surface area contributed by atoms with Crippen molar-refractivity contribution in [3.63, 3.8) is 0 Å². The van der Waals surface area contributed by atoms with E-state index in [0.29, 0.717) is 11.5 Å². The van der Waals surface area contributed by atoms with Gasteiger partial charge in [-0.25, -0.2) is 0 Å². The molecule has 0 aliphatic carbocycles. The number of hydrogen-bond donors (Lipinski definition) is 0. The molecule has 0 radical (unpaired) electrons. The van der Waals surface area contributed by atoms with Crippen LogP contribution in [-0.4, -0.2) is 6.61 Å². The van der Waals surface area contributed by atoms with Gasteiger partial charge in [-0.2, -0.15) is 0 Å². The van der Waals surface area contributed by atoms with Gasteiger partial charge in [-0.05, 0) is 17.4 Å². The molecule has 1 atom stereocenters. The van der Waals surface area contributed by atoms with Gasteiger partial charge < -0.3 is 4.74 Å². The van der Waals surface area contributed by atoms with Gasteiger partial charge in [0.05, 0.1) is 12.7 Å². The first kappa shape index (κ1) is 8.76. The third-order valence-electron chi connectivity index (χ3n) is 2.58. The number of ether oxygens (including phenoxy) is 1. The van der Waals surface area contributed by atoms with Crippen LogP contribution in [0, 0.1) is 5.41 Å². The number of rotatable bonds is 1. The van der Waals surface area contributed by atoms with Crippen LogP contribution >= 0.6 is 0 Å². The van der Waals surface area contributed by atoms with Crippen LogP contribution in [-0.2, 0) is 4.74 Å². The molecule has 1 aromatic rings. The van der Waals surface area contributed by atoms with E-state index >= 15 is 0 Å². The van der Waals surface area contributed by atoms with Crippen LogP contribution in [0.5, 0.6) is 0 Å². The highest BCUT2D eigenvalue weighted by molar-refractivity contribution is 5.18. The van der Waals surface area contributed by atoms with Crippen LogP contribution in [0.1, 0.15) is 31.9 Å². The molecule has 1 heteroatoms. The fraction of sp³-hybridized carbons (Fsp3) is 0.500. The first-order valence-corrected chi connectivity index (χ1v) is 4.84. The first-order chi connectivity index (χ1) is 6.17. The highest BCUT2D eigenvalue weighted by Gasteiger charge is 2.32. The standard InChI is InChI=1S/C12H16O/c1-12(2)8-11(13-9-12)10-6-4-3-5-7-10/h3-7,11H,8-9H2,1-2H3/t11-/m1/s1. The van der Waals surface area contributed by atoms with E-state index in [2.05, 4.69) is 38.1 Å². The minimum Gasteiger partial charge on any atom is -0.373 e. The van der Waals surface area contributed by atoms with Crippen LogP contribution in [0.4, 0.5) is 0 Å². The Kier molecular flexibility index (Phi) is 2.12. The third kappa shape index (κ3) is 1.92. The molecule has 0 unspecified atom stereocenters. The third-order valence-corrected chi connectivity index (χ3v) is 2.58. The van der Waals surface area contributed by atoms with Crippen LogP contribution in [0.15, 0.2) is 30.3 Å². The molecule has 13 heavy (non-hydrogen) atoms. The van der Waals surface area contributed by atoms with E-state index in [1.807, 2.05) is 6.07 Å². The maximum atomic E-state index is 5.75. The summed E-state index contributed by atoms with van der Waals surface area (Å²) in [4.78, 5) is 0. The Morgan fingerprint density at radius 2 is 1.92 bits per heavy atom. The predicted octanol–water partition coefficient (Wildman–Crippen LogP) is 3.17. The molecule has 70 valence electrons. The van der Waals surface area contributed by atoms with Crippen LogP contribution in [0.25, 0.3) is 0 Å². The monoisotopic (exact) mass is 176 g/mol. The molecule has 1 aliphatic rings. The van der Waals surface area contributed by atoms with Crippen molar-refractivity contribution in [2.75, 3.05) is 6.61 Å². The van der Waals surface area contributed by atoms with E-state index in [-0.39, 0.29) is 0 Å². The van der Waals surface area contributed by atoms with E-state index in [1.54, 1.807) is 0 Å². The maximum Gasteiger partial charge on any atom is 0.0831 e. The molecule has 0 saturated carbocycles. The Bertz CT molecular complexity index is 276. The fourth-order valence-corrected chi connectivity index (χ4v) is 1.83. The molecule has 1 heterocycles. The molecule has 1 saturated heterocycles. The first-order valence-electron chi connectivity index (χ1n) is 4.84. The van der Waals surface area contributed by atoms with E-state index < -0.39 is 0 Å². The van der Waals surface area contributed by atoms with Crippen molar-refractivity contribution >= 4 is 0 Å². The van der Waals surface area contributed by atoms with Gasteiger partial charge in [0.1, 0.15) is 0 Å². The average Bonchev–Trinajstić information content (AvgIpc) is 2.48. The van der Waals surface area contributed by atoms with E-state index in [4.69, 9.17) is 4.74 Å². The van der Waals surface area contributed by atoms with Crippen molar-refractivity contribution < 1.29 is 4.74 Å². The zero-order valence-corrected chi connectivity index (χ0v) is 8.29. The lowest BCUT2D eigenvalue weighted by atomic mass is 9.89. The van der Waals surface area contributed by atoms with Crippen molar-refractivity contribution in [1.29, 1.82) is 0 Å². The van der Waals surface area contributed by atoms with Crippen LogP contribution in [0.3, 0.4) is 0 Å². The zero-order chi connectivity index (χ0) is 9.31. The molecule has 0 aromatic heterocycles. The largest absolute Gasteiger partial charge is 0.373 e. The highest BCUT2D eigenvalue weighted by atomic mass is 16.5. The fourth-order valence-electron chi connectivity index (χ4n) is 1.83. The van der Waals surface area contributed by atoms with Crippen LogP contribution in [0.2, 0.25) is 0 Å². The van der Waals surface area contributed by atoms with Crippen molar-refractivity contribution in [2.45, 2.75) is 26.4 Å². The van der Waals surface area contributed by atoms with Gasteiger partial charge in [-0.1, -0.05) is 44.2 Å². The summed E-state index contributed by atoms with van der Waals surface area (Å²) in [5.74, 6) is 0. The van der Waals surface area contributed by atoms with E-state index in [0.717, 1.165) is 13.0 Å². The van der Waals surface area contributed by atoms with Crippen LogP contribution < -0.4 is 0 Å². The number of hydrogen-bond acceptors (Lipinski definition) is 1. The Morgan fingerprint density at radius 1 is 1.23 bits per heavy atom. The quantitative estimate of drug-likeness (QED) is 0.638. The summed E-state index contributed by atoms with van der Waals surface area (Å²) < 4.78 is 5.75. The SMILES string of the molecule is CC1(C)CO[C@@H](c2ccccc2)C1. The van der Waals surface area contributed by atoms with Gasteiger partial charge in [0, 0.05) is 0 Å². The van der Waals surface area contributed by atoms with Gasteiger partial charge >= 0.3 is 0 Å². The minimum absolute atomic E-state index is 0.316. The summed E-state index contributed by atoms with van der Waals surface area (Å²) >= 11 is 0. The molecule has 0 N–H and O–H groups in total. The summed E-state index contributed by atoms with van der Waals surface area (Å²) in [6.07, 6.45) is 1.45. The average molecular weight is 176 g/mol. The van der Waals surface area contributed by atoms with Gasteiger partial charge in [0.2, 0.25) is 0 Å². The molecule has 1 nitrogen and oxygen atoms in total. The van der Waals surface area contributed by atoms with Gasteiger partial charge in [-0.15, -0.1) is 0 Å². The second kappa shape index (κ2) is 3.15. The molecular formula is C12H16O. The minimum atomic E-state index is 0.316. The summed E-state index contributed by atoms with van der Waals surface area (Å²) in [6.45, 7) is 5.40. The van der Waals surface area contributed by atoms with E-state index in [1.165, 1.54) is 5.56 Å². The second-order valence-corrected chi connectivity index (χ2v) is 4.58. The van der Waals surface area contributed by atoms with Crippen molar-refractivity contribution in [3.05, 3.63) is 35.9 Å². The lowest BCUT2D eigenvalue weighted by Gasteiger charge is -2.13. The molecule has 0 bridgehead atoms. The van der Waals surface area contributed by atoms with Crippen molar-refractivity contribution in [3.8, 4) is 0 Å². The molecule has 1 aromatic carbocycles. The topological polar surface area (TPSA) is 9.23 Å². The summed E-state index contributed by atoms with van der Waals surface area (Å²) in [5.41, 5.74) is 1.66. The molecule has 2 rings (SSSR count).